The van der Waals surface area contributed by atoms with Crippen LogP contribution in [-0.2, 0) is 0 Å². The molecule has 0 aliphatic carbocycles. The monoisotopic (exact) mass is 241 g/mol. The summed E-state index contributed by atoms with van der Waals surface area (Å²) in [5.41, 5.74) is 2.10. The standard InChI is InChI=1S/C13H15N5/c1-3-11(15-2)10-6-4-5-7-12(10)18-9-16-13(8-14)17-18/h4-7,9,11,15H,3H2,1-2H3. The van der Waals surface area contributed by atoms with E-state index in [9.17, 15) is 0 Å². The average molecular weight is 241 g/mol. The van der Waals surface area contributed by atoms with Gasteiger partial charge >= 0.3 is 0 Å². The Balaban J connectivity index is 2.47. The van der Waals surface area contributed by atoms with Gasteiger partial charge in [0, 0.05) is 6.04 Å². The molecule has 18 heavy (non-hydrogen) atoms. The van der Waals surface area contributed by atoms with Gasteiger partial charge in [0.2, 0.25) is 0 Å². The minimum Gasteiger partial charge on any atom is -0.313 e. The lowest BCUT2D eigenvalue weighted by atomic mass is 10.0. The molecule has 1 atom stereocenters. The Morgan fingerprint density at radius 3 is 2.83 bits per heavy atom. The first-order chi connectivity index (χ1) is 8.80. The van der Waals surface area contributed by atoms with Crippen LogP contribution in [0.2, 0.25) is 0 Å². The van der Waals surface area contributed by atoms with Crippen LogP contribution in [0.5, 0.6) is 0 Å². The van der Waals surface area contributed by atoms with E-state index in [1.807, 2.05) is 31.3 Å². The van der Waals surface area contributed by atoms with Gasteiger partial charge in [0.15, 0.2) is 0 Å². The largest absolute Gasteiger partial charge is 0.313 e. The van der Waals surface area contributed by atoms with Crippen LogP contribution in [0.1, 0.15) is 30.8 Å². The molecule has 2 rings (SSSR count). The third kappa shape index (κ3) is 2.24. The highest BCUT2D eigenvalue weighted by atomic mass is 15.3. The highest BCUT2D eigenvalue weighted by molar-refractivity contribution is 5.42. The second-order valence-electron chi connectivity index (χ2n) is 3.93. The summed E-state index contributed by atoms with van der Waals surface area (Å²) in [6, 6.07) is 10.2. The predicted molar refractivity (Wildman–Crippen MR) is 68.2 cm³/mol. The van der Waals surface area contributed by atoms with Crippen LogP contribution in [0.25, 0.3) is 5.69 Å². The van der Waals surface area contributed by atoms with Crippen LogP contribution >= 0.6 is 0 Å². The molecule has 2 aromatic rings. The molecule has 1 N–H and O–H groups in total. The van der Waals surface area contributed by atoms with Crippen molar-refractivity contribution in [3.05, 3.63) is 42.0 Å². The van der Waals surface area contributed by atoms with Crippen molar-refractivity contribution in [2.45, 2.75) is 19.4 Å². The van der Waals surface area contributed by atoms with Crippen molar-refractivity contribution in [2.24, 2.45) is 0 Å². The highest BCUT2D eigenvalue weighted by Crippen LogP contribution is 2.23. The second kappa shape index (κ2) is 5.43. The van der Waals surface area contributed by atoms with Gasteiger partial charge in [-0.25, -0.2) is 9.67 Å². The Bertz CT molecular complexity index is 563. The van der Waals surface area contributed by atoms with E-state index in [0.29, 0.717) is 0 Å². The van der Waals surface area contributed by atoms with Gasteiger partial charge in [-0.1, -0.05) is 25.1 Å². The quantitative estimate of drug-likeness (QED) is 0.886. The molecule has 0 aliphatic heterocycles. The van der Waals surface area contributed by atoms with Crippen molar-refractivity contribution in [1.29, 1.82) is 5.26 Å². The number of para-hydroxylation sites is 1. The third-order valence-electron chi connectivity index (χ3n) is 2.91. The van der Waals surface area contributed by atoms with Crippen molar-refractivity contribution >= 4 is 0 Å². The van der Waals surface area contributed by atoms with Crippen molar-refractivity contribution < 1.29 is 0 Å². The van der Waals surface area contributed by atoms with Crippen molar-refractivity contribution in [3.8, 4) is 11.8 Å². The lowest BCUT2D eigenvalue weighted by Gasteiger charge is -2.17. The number of hydrogen-bond acceptors (Lipinski definition) is 4. The number of hydrogen-bond donors (Lipinski definition) is 1. The molecule has 0 spiro atoms. The molecule has 0 bridgehead atoms. The van der Waals surface area contributed by atoms with Crippen LogP contribution in [0.3, 0.4) is 0 Å². The van der Waals surface area contributed by atoms with Crippen LogP contribution in [0.4, 0.5) is 0 Å². The SMILES string of the molecule is CCC(NC)c1ccccc1-n1cnc(C#N)n1. The van der Waals surface area contributed by atoms with E-state index in [4.69, 9.17) is 5.26 Å². The summed E-state index contributed by atoms with van der Waals surface area (Å²) in [5, 5.41) is 16.2. The maximum absolute atomic E-state index is 8.77. The first-order valence-electron chi connectivity index (χ1n) is 5.88. The Hall–Kier alpha value is -2.19. The summed E-state index contributed by atoms with van der Waals surface area (Å²) in [4.78, 5) is 3.93. The summed E-state index contributed by atoms with van der Waals surface area (Å²) in [5.74, 6) is 0.183. The Labute approximate surface area is 106 Å². The zero-order valence-electron chi connectivity index (χ0n) is 10.5. The summed E-state index contributed by atoms with van der Waals surface area (Å²) in [7, 11) is 1.94. The molecular formula is C13H15N5. The van der Waals surface area contributed by atoms with E-state index in [1.165, 1.54) is 0 Å². The molecule has 1 unspecified atom stereocenters. The van der Waals surface area contributed by atoms with Gasteiger partial charge in [-0.3, -0.25) is 0 Å². The molecule has 5 nitrogen and oxygen atoms in total. The second-order valence-corrected chi connectivity index (χ2v) is 3.93. The Kier molecular flexibility index (Phi) is 3.70. The number of aromatic nitrogens is 3. The maximum Gasteiger partial charge on any atom is 0.252 e. The molecule has 92 valence electrons. The fraction of sp³-hybridized carbons (Fsp3) is 0.308. The van der Waals surface area contributed by atoms with E-state index in [0.717, 1.165) is 17.7 Å². The van der Waals surface area contributed by atoms with E-state index < -0.39 is 0 Å². The minimum absolute atomic E-state index is 0.183. The fourth-order valence-corrected chi connectivity index (χ4v) is 2.00. The summed E-state index contributed by atoms with van der Waals surface area (Å²) < 4.78 is 1.65. The smallest absolute Gasteiger partial charge is 0.252 e. The zero-order chi connectivity index (χ0) is 13.0. The lowest BCUT2D eigenvalue weighted by Crippen LogP contribution is -2.17. The predicted octanol–water partition coefficient (Wildman–Crippen LogP) is 1.81. The molecule has 1 aromatic heterocycles. The highest BCUT2D eigenvalue weighted by Gasteiger charge is 2.13. The van der Waals surface area contributed by atoms with Gasteiger partial charge in [0.1, 0.15) is 12.4 Å². The van der Waals surface area contributed by atoms with E-state index >= 15 is 0 Å². The van der Waals surface area contributed by atoms with Crippen molar-refractivity contribution in [3.63, 3.8) is 0 Å². The lowest BCUT2D eigenvalue weighted by molar-refractivity contribution is 0.572. The van der Waals surface area contributed by atoms with Crippen molar-refractivity contribution in [1.82, 2.24) is 20.1 Å². The maximum atomic E-state index is 8.77. The molecule has 1 aromatic carbocycles. The van der Waals surface area contributed by atoms with Gasteiger partial charge in [0.25, 0.3) is 5.82 Å². The normalized spacial score (nSPS) is 12.1. The summed E-state index contributed by atoms with van der Waals surface area (Å²) >= 11 is 0. The first-order valence-corrected chi connectivity index (χ1v) is 5.88. The molecule has 5 heteroatoms. The average Bonchev–Trinajstić information content (AvgIpc) is 2.89. The molecule has 1 heterocycles. The summed E-state index contributed by atoms with van der Waals surface area (Å²) in [6.07, 6.45) is 2.55. The molecule has 0 radical (unpaired) electrons. The Morgan fingerprint density at radius 1 is 1.44 bits per heavy atom. The fourth-order valence-electron chi connectivity index (χ4n) is 2.00. The van der Waals surface area contributed by atoms with Gasteiger partial charge in [-0.05, 0) is 25.1 Å². The number of nitrogens with zero attached hydrogens (tertiary/aromatic N) is 4. The van der Waals surface area contributed by atoms with E-state index in [2.05, 4.69) is 28.4 Å². The van der Waals surface area contributed by atoms with Crippen LogP contribution in [0, 0.1) is 11.3 Å². The van der Waals surface area contributed by atoms with Gasteiger partial charge in [-0.15, -0.1) is 5.10 Å². The molecule has 0 amide bonds. The Morgan fingerprint density at radius 2 is 2.22 bits per heavy atom. The van der Waals surface area contributed by atoms with Gasteiger partial charge in [-0.2, -0.15) is 5.26 Å². The molecule has 0 fully saturated rings. The molecule has 0 saturated carbocycles. The molecule has 0 aliphatic rings. The van der Waals surface area contributed by atoms with Gasteiger partial charge < -0.3 is 5.32 Å². The van der Waals surface area contributed by atoms with Crippen molar-refractivity contribution in [2.75, 3.05) is 7.05 Å². The van der Waals surface area contributed by atoms with Gasteiger partial charge in [0.05, 0.1) is 5.69 Å². The third-order valence-corrected chi connectivity index (χ3v) is 2.91. The topological polar surface area (TPSA) is 66.5 Å². The number of nitriles is 1. The molecular weight excluding hydrogens is 226 g/mol. The van der Waals surface area contributed by atoms with E-state index in [1.54, 1.807) is 11.0 Å². The van der Waals surface area contributed by atoms with Crippen LogP contribution < -0.4 is 5.32 Å². The summed E-state index contributed by atoms with van der Waals surface area (Å²) in [6.45, 7) is 2.12. The first kappa shape index (κ1) is 12.3. The van der Waals surface area contributed by atoms with Crippen LogP contribution in [-0.4, -0.2) is 21.8 Å². The molecule has 0 saturated heterocycles. The number of benzene rings is 1. The minimum atomic E-state index is 0.183. The number of nitrogens with one attached hydrogen (secondary N) is 1. The zero-order valence-corrected chi connectivity index (χ0v) is 10.5. The van der Waals surface area contributed by atoms with Crippen LogP contribution in [0.15, 0.2) is 30.6 Å². The number of rotatable bonds is 4. The van der Waals surface area contributed by atoms with E-state index in [-0.39, 0.29) is 11.9 Å².